The molecule has 2 heteroatoms. The first-order valence-corrected chi connectivity index (χ1v) is 6.88. The zero-order chi connectivity index (χ0) is 14.9. The minimum Gasteiger partial charge on any atom is -0.388 e. The van der Waals surface area contributed by atoms with Crippen molar-refractivity contribution in [2.75, 3.05) is 0 Å². The van der Waals surface area contributed by atoms with Gasteiger partial charge in [-0.1, -0.05) is 23.8 Å². The molecule has 0 aliphatic heterocycles. The molecule has 2 aromatic carbocycles. The van der Waals surface area contributed by atoms with Crippen molar-refractivity contribution in [1.82, 2.24) is 0 Å². The van der Waals surface area contributed by atoms with Gasteiger partial charge in [0.05, 0.1) is 6.10 Å². The Morgan fingerprint density at radius 2 is 1.45 bits per heavy atom. The highest BCUT2D eigenvalue weighted by Crippen LogP contribution is 2.25. The Hall–Kier alpha value is -1.67. The van der Waals surface area contributed by atoms with Gasteiger partial charge < -0.3 is 5.11 Å². The molecule has 0 heterocycles. The Balaban J connectivity index is 2.30. The van der Waals surface area contributed by atoms with E-state index >= 15 is 0 Å². The largest absolute Gasteiger partial charge is 0.388 e. The number of aliphatic hydroxyl groups excluding tert-OH is 1. The van der Waals surface area contributed by atoms with Crippen LogP contribution in [0, 0.1) is 33.5 Å². The summed E-state index contributed by atoms with van der Waals surface area (Å²) in [5.74, 6) is -0.295. The van der Waals surface area contributed by atoms with Crippen LogP contribution in [0.25, 0.3) is 0 Å². The van der Waals surface area contributed by atoms with Gasteiger partial charge in [0, 0.05) is 6.42 Å². The Kier molecular flexibility index (Phi) is 4.24. The highest BCUT2D eigenvalue weighted by atomic mass is 19.1. The summed E-state index contributed by atoms with van der Waals surface area (Å²) in [5.41, 5.74) is 6.19. The van der Waals surface area contributed by atoms with Gasteiger partial charge in [0.15, 0.2) is 0 Å². The quantitative estimate of drug-likeness (QED) is 0.881. The van der Waals surface area contributed by atoms with Crippen LogP contribution in [0.1, 0.15) is 39.5 Å². The Bertz CT molecular complexity index is 588. The third kappa shape index (κ3) is 3.26. The third-order valence-electron chi connectivity index (χ3n) is 3.69. The minimum atomic E-state index is -0.676. The van der Waals surface area contributed by atoms with E-state index in [0.717, 1.165) is 11.1 Å². The molecule has 20 heavy (non-hydrogen) atoms. The summed E-state index contributed by atoms with van der Waals surface area (Å²) in [6, 6.07) is 8.96. The Morgan fingerprint density at radius 3 is 2.00 bits per heavy atom. The van der Waals surface area contributed by atoms with E-state index in [1.54, 1.807) is 0 Å². The molecule has 2 rings (SSSR count). The van der Waals surface area contributed by atoms with Crippen molar-refractivity contribution in [1.29, 1.82) is 0 Å². The fourth-order valence-electron chi connectivity index (χ4n) is 2.80. The van der Waals surface area contributed by atoms with Gasteiger partial charge in [-0.25, -0.2) is 4.39 Å². The molecular formula is C18H21FO. The first-order valence-electron chi connectivity index (χ1n) is 6.88. The molecule has 0 fully saturated rings. The van der Waals surface area contributed by atoms with Crippen LogP contribution < -0.4 is 0 Å². The van der Waals surface area contributed by atoms with E-state index in [9.17, 15) is 9.50 Å². The number of hydrogen-bond acceptors (Lipinski definition) is 1. The maximum atomic E-state index is 13.4. The summed E-state index contributed by atoms with van der Waals surface area (Å²) < 4.78 is 13.4. The maximum absolute atomic E-state index is 13.4. The lowest BCUT2D eigenvalue weighted by Gasteiger charge is -2.16. The van der Waals surface area contributed by atoms with E-state index < -0.39 is 6.10 Å². The van der Waals surface area contributed by atoms with Crippen molar-refractivity contribution in [3.8, 4) is 0 Å². The summed E-state index contributed by atoms with van der Waals surface area (Å²) in [7, 11) is 0. The monoisotopic (exact) mass is 272 g/mol. The predicted molar refractivity (Wildman–Crippen MR) is 80.5 cm³/mol. The molecule has 0 radical (unpaired) electrons. The van der Waals surface area contributed by atoms with Crippen LogP contribution in [0.3, 0.4) is 0 Å². The first-order chi connectivity index (χ1) is 9.36. The SMILES string of the molecule is Cc1cc(F)cc(C(O)Cc2c(C)cc(C)cc2C)c1. The number of rotatable bonds is 3. The van der Waals surface area contributed by atoms with E-state index in [4.69, 9.17) is 0 Å². The van der Waals surface area contributed by atoms with Gasteiger partial charge in [0.2, 0.25) is 0 Å². The van der Waals surface area contributed by atoms with Gasteiger partial charge >= 0.3 is 0 Å². The second kappa shape index (κ2) is 5.76. The Labute approximate surface area is 120 Å². The maximum Gasteiger partial charge on any atom is 0.123 e. The van der Waals surface area contributed by atoms with E-state index in [-0.39, 0.29) is 5.82 Å². The predicted octanol–water partition coefficient (Wildman–Crippen LogP) is 4.34. The van der Waals surface area contributed by atoms with Gasteiger partial charge in [-0.05, 0) is 67.6 Å². The molecule has 106 valence electrons. The summed E-state index contributed by atoms with van der Waals surface area (Å²) in [6.45, 7) is 8.01. The van der Waals surface area contributed by atoms with Crippen LogP contribution >= 0.6 is 0 Å². The van der Waals surface area contributed by atoms with Crippen LogP contribution in [0.15, 0.2) is 30.3 Å². The second-order valence-electron chi connectivity index (χ2n) is 5.66. The lowest BCUT2D eigenvalue weighted by atomic mass is 9.92. The number of aliphatic hydroxyl groups is 1. The van der Waals surface area contributed by atoms with Gasteiger partial charge in [-0.2, -0.15) is 0 Å². The van der Waals surface area contributed by atoms with Crippen molar-refractivity contribution in [3.63, 3.8) is 0 Å². The van der Waals surface area contributed by atoms with Gasteiger partial charge in [-0.3, -0.25) is 0 Å². The highest BCUT2D eigenvalue weighted by molar-refractivity contribution is 5.39. The first kappa shape index (κ1) is 14.7. The van der Waals surface area contributed by atoms with Gasteiger partial charge in [0.1, 0.15) is 5.82 Å². The van der Waals surface area contributed by atoms with Crippen LogP contribution in [0.5, 0.6) is 0 Å². The van der Waals surface area contributed by atoms with Crippen molar-refractivity contribution in [2.45, 2.75) is 40.2 Å². The molecule has 0 aliphatic rings. The van der Waals surface area contributed by atoms with Crippen molar-refractivity contribution < 1.29 is 9.50 Å². The lowest BCUT2D eigenvalue weighted by molar-refractivity contribution is 0.177. The number of halogens is 1. The normalized spacial score (nSPS) is 12.5. The average molecular weight is 272 g/mol. The van der Waals surface area contributed by atoms with Crippen LogP contribution in [-0.2, 0) is 6.42 Å². The third-order valence-corrected chi connectivity index (χ3v) is 3.69. The molecule has 0 aromatic heterocycles. The molecule has 2 aromatic rings. The highest BCUT2D eigenvalue weighted by Gasteiger charge is 2.13. The molecule has 1 unspecified atom stereocenters. The van der Waals surface area contributed by atoms with E-state index in [1.165, 1.54) is 28.8 Å². The standard InChI is InChI=1S/C18H21FO/c1-11-5-13(3)17(14(4)6-11)10-18(20)15-7-12(2)8-16(19)9-15/h5-9,18,20H,10H2,1-4H3. The van der Waals surface area contributed by atoms with Crippen LogP contribution in [0.2, 0.25) is 0 Å². The molecule has 0 bridgehead atoms. The van der Waals surface area contributed by atoms with Crippen molar-refractivity contribution >= 4 is 0 Å². The van der Waals surface area contributed by atoms with Crippen molar-refractivity contribution in [3.05, 3.63) is 69.5 Å². The van der Waals surface area contributed by atoms with E-state index in [2.05, 4.69) is 32.9 Å². The molecular weight excluding hydrogens is 251 g/mol. The molecule has 1 N–H and O–H groups in total. The molecule has 0 saturated carbocycles. The summed E-state index contributed by atoms with van der Waals surface area (Å²) in [6.07, 6.45) is -0.162. The van der Waals surface area contributed by atoms with E-state index in [1.807, 2.05) is 13.0 Å². The second-order valence-corrected chi connectivity index (χ2v) is 5.66. The number of benzene rings is 2. The molecule has 0 spiro atoms. The number of hydrogen-bond donors (Lipinski definition) is 1. The zero-order valence-corrected chi connectivity index (χ0v) is 12.5. The molecule has 0 amide bonds. The summed E-state index contributed by atoms with van der Waals surface area (Å²) >= 11 is 0. The molecule has 0 saturated heterocycles. The van der Waals surface area contributed by atoms with Crippen LogP contribution in [-0.4, -0.2) is 5.11 Å². The summed E-state index contributed by atoms with van der Waals surface area (Å²) in [4.78, 5) is 0. The topological polar surface area (TPSA) is 20.2 Å². The van der Waals surface area contributed by atoms with Crippen molar-refractivity contribution in [2.24, 2.45) is 0 Å². The minimum absolute atomic E-state index is 0.295. The van der Waals surface area contributed by atoms with Gasteiger partial charge in [-0.15, -0.1) is 0 Å². The zero-order valence-electron chi connectivity index (χ0n) is 12.5. The molecule has 1 nitrogen and oxygen atoms in total. The van der Waals surface area contributed by atoms with Gasteiger partial charge in [0.25, 0.3) is 0 Å². The molecule has 1 atom stereocenters. The number of aryl methyl sites for hydroxylation is 4. The van der Waals surface area contributed by atoms with Crippen LogP contribution in [0.4, 0.5) is 4.39 Å². The Morgan fingerprint density at radius 1 is 0.900 bits per heavy atom. The lowest BCUT2D eigenvalue weighted by Crippen LogP contribution is -2.06. The fourth-order valence-corrected chi connectivity index (χ4v) is 2.80. The average Bonchev–Trinajstić information content (AvgIpc) is 2.32. The molecule has 0 aliphatic carbocycles. The summed E-state index contributed by atoms with van der Waals surface area (Å²) in [5, 5.41) is 10.4. The smallest absolute Gasteiger partial charge is 0.123 e. The van der Waals surface area contributed by atoms with E-state index in [0.29, 0.717) is 12.0 Å². The fraction of sp³-hybridized carbons (Fsp3) is 0.333.